The van der Waals surface area contributed by atoms with Crippen LogP contribution >= 0.6 is 7.82 Å². The van der Waals surface area contributed by atoms with Crippen LogP contribution in [0.3, 0.4) is 0 Å². The third kappa shape index (κ3) is 69.1. The number of esters is 2. The zero-order chi connectivity index (χ0) is 61.2. The summed E-state index contributed by atoms with van der Waals surface area (Å²) >= 11 is 0. The molecular formula is C74H141NO8P+. The standard InChI is InChI=1S/C74H140NO8P/c1-6-8-10-12-14-16-18-20-22-24-26-28-30-32-34-35-36-37-38-39-41-43-45-47-49-51-53-55-57-59-61-63-65-67-74(77)83-72(71-82-84(78,79)81-69-68-75(3,4)5)70-80-73(76)66-64-62-60-58-56-54-52-50-48-46-44-42-40-33-31-29-27-25-23-21-19-17-15-13-11-9-7-2/h18-21,24-27,72H,6-17,22-23,28-71H2,1-5H3/p+1/b20-18-,21-19-,26-24-,27-25-. The fraction of sp³-hybridized carbons (Fsp3) is 0.865. The molecule has 10 heteroatoms. The van der Waals surface area contributed by atoms with Crippen molar-refractivity contribution in [2.75, 3.05) is 47.5 Å². The molecule has 0 bridgehead atoms. The quantitative estimate of drug-likeness (QED) is 0.0211. The van der Waals surface area contributed by atoms with Crippen LogP contribution in [0.4, 0.5) is 0 Å². The second-order valence-corrected chi connectivity index (χ2v) is 27.4. The van der Waals surface area contributed by atoms with Crippen molar-refractivity contribution in [2.45, 2.75) is 367 Å². The monoisotopic (exact) mass is 1200 g/mol. The zero-order valence-electron chi connectivity index (χ0n) is 56.4. The Labute approximate surface area is 522 Å². The summed E-state index contributed by atoms with van der Waals surface area (Å²) in [5.74, 6) is -0.778. The van der Waals surface area contributed by atoms with Gasteiger partial charge in [0, 0.05) is 12.8 Å². The van der Waals surface area contributed by atoms with Gasteiger partial charge in [0.05, 0.1) is 27.7 Å². The molecule has 0 spiro atoms. The number of hydrogen-bond acceptors (Lipinski definition) is 7. The highest BCUT2D eigenvalue weighted by Crippen LogP contribution is 2.43. The highest BCUT2D eigenvalue weighted by atomic mass is 31.2. The summed E-state index contributed by atoms with van der Waals surface area (Å²) in [5.41, 5.74) is 0. The first kappa shape index (κ1) is 82.0. The second-order valence-electron chi connectivity index (χ2n) is 26.0. The van der Waals surface area contributed by atoms with Crippen LogP contribution in [-0.2, 0) is 32.7 Å². The molecule has 2 atom stereocenters. The normalized spacial score (nSPS) is 13.4. The van der Waals surface area contributed by atoms with Crippen LogP contribution in [0.5, 0.6) is 0 Å². The number of phosphoric ester groups is 1. The predicted molar refractivity (Wildman–Crippen MR) is 363 cm³/mol. The van der Waals surface area contributed by atoms with Crippen LogP contribution in [0.25, 0.3) is 0 Å². The molecule has 0 fully saturated rings. The Balaban J connectivity index is 3.98. The summed E-state index contributed by atoms with van der Waals surface area (Å²) in [7, 11) is 1.49. The van der Waals surface area contributed by atoms with E-state index in [0.717, 1.165) is 44.9 Å². The number of quaternary nitrogens is 1. The summed E-state index contributed by atoms with van der Waals surface area (Å²) in [6.07, 6.45) is 85.1. The van der Waals surface area contributed by atoms with Gasteiger partial charge in [0.2, 0.25) is 0 Å². The molecule has 1 N–H and O–H groups in total. The first-order valence-corrected chi connectivity index (χ1v) is 37.9. The summed E-state index contributed by atoms with van der Waals surface area (Å²) in [5, 5.41) is 0. The highest BCUT2D eigenvalue weighted by Gasteiger charge is 2.27. The van der Waals surface area contributed by atoms with Crippen molar-refractivity contribution in [2.24, 2.45) is 0 Å². The topological polar surface area (TPSA) is 108 Å². The number of carbonyl (C=O) groups is 2. The molecule has 0 aliphatic rings. The van der Waals surface area contributed by atoms with E-state index in [1.165, 1.54) is 283 Å². The summed E-state index contributed by atoms with van der Waals surface area (Å²) in [6, 6.07) is 0. The van der Waals surface area contributed by atoms with Gasteiger partial charge in [-0.3, -0.25) is 18.6 Å². The Morgan fingerprint density at radius 2 is 0.643 bits per heavy atom. The van der Waals surface area contributed by atoms with Gasteiger partial charge in [0.25, 0.3) is 0 Å². The average molecular weight is 1200 g/mol. The van der Waals surface area contributed by atoms with E-state index in [0.29, 0.717) is 23.9 Å². The van der Waals surface area contributed by atoms with Crippen LogP contribution < -0.4 is 0 Å². The number of unbranched alkanes of at least 4 members (excludes halogenated alkanes) is 46. The molecule has 0 aromatic rings. The molecule has 2 unspecified atom stereocenters. The fourth-order valence-corrected chi connectivity index (χ4v) is 11.5. The minimum absolute atomic E-state index is 0.0337. The first-order valence-electron chi connectivity index (χ1n) is 36.4. The van der Waals surface area contributed by atoms with E-state index in [1.807, 2.05) is 21.1 Å². The van der Waals surface area contributed by atoms with Crippen molar-refractivity contribution in [1.82, 2.24) is 0 Å². The maximum absolute atomic E-state index is 12.9. The van der Waals surface area contributed by atoms with E-state index >= 15 is 0 Å². The van der Waals surface area contributed by atoms with Gasteiger partial charge in [-0.15, -0.1) is 0 Å². The maximum atomic E-state index is 12.9. The Morgan fingerprint density at radius 3 is 0.940 bits per heavy atom. The number of rotatable bonds is 68. The largest absolute Gasteiger partial charge is 0.472 e. The molecular weight excluding hydrogens is 1060 g/mol. The molecule has 0 aromatic heterocycles. The van der Waals surface area contributed by atoms with Crippen LogP contribution in [0, 0.1) is 0 Å². The number of nitrogens with zero attached hydrogens (tertiary/aromatic N) is 1. The molecule has 0 aliphatic heterocycles. The third-order valence-electron chi connectivity index (χ3n) is 16.3. The molecule has 0 saturated carbocycles. The molecule has 0 radical (unpaired) electrons. The van der Waals surface area contributed by atoms with E-state index in [-0.39, 0.29) is 25.6 Å². The molecule has 84 heavy (non-hydrogen) atoms. The minimum Gasteiger partial charge on any atom is -0.462 e. The van der Waals surface area contributed by atoms with Crippen molar-refractivity contribution >= 4 is 19.8 Å². The van der Waals surface area contributed by atoms with Crippen molar-refractivity contribution < 1.29 is 42.1 Å². The van der Waals surface area contributed by atoms with Crippen molar-refractivity contribution in [3.63, 3.8) is 0 Å². The molecule has 0 amide bonds. The van der Waals surface area contributed by atoms with Gasteiger partial charge in [-0.25, -0.2) is 4.57 Å². The fourth-order valence-electron chi connectivity index (χ4n) is 10.7. The number of carbonyl (C=O) groups excluding carboxylic acids is 2. The average Bonchev–Trinajstić information content (AvgIpc) is 3.61. The van der Waals surface area contributed by atoms with E-state index < -0.39 is 26.5 Å². The van der Waals surface area contributed by atoms with Gasteiger partial charge < -0.3 is 18.9 Å². The molecule has 0 aromatic carbocycles. The van der Waals surface area contributed by atoms with Crippen molar-refractivity contribution in [3.05, 3.63) is 48.6 Å². The van der Waals surface area contributed by atoms with Gasteiger partial charge in [-0.1, -0.05) is 319 Å². The number of likely N-dealkylation sites (N-methyl/N-ethyl adjacent to an activating group) is 1. The molecule has 0 saturated heterocycles. The van der Waals surface area contributed by atoms with Gasteiger partial charge in [0.1, 0.15) is 19.8 Å². The van der Waals surface area contributed by atoms with Crippen LogP contribution in [0.15, 0.2) is 48.6 Å². The van der Waals surface area contributed by atoms with Crippen LogP contribution in [-0.4, -0.2) is 74.9 Å². The number of allylic oxidation sites excluding steroid dienone is 8. The van der Waals surface area contributed by atoms with Crippen LogP contribution in [0.1, 0.15) is 361 Å². The predicted octanol–water partition coefficient (Wildman–Crippen LogP) is 23.6. The maximum Gasteiger partial charge on any atom is 0.472 e. The lowest BCUT2D eigenvalue weighted by Crippen LogP contribution is -2.37. The summed E-state index contributed by atoms with van der Waals surface area (Å²) in [4.78, 5) is 35.9. The smallest absolute Gasteiger partial charge is 0.462 e. The Bertz CT molecular complexity index is 1560. The number of hydrogen-bond donors (Lipinski definition) is 1. The molecule has 0 aliphatic carbocycles. The van der Waals surface area contributed by atoms with Gasteiger partial charge >= 0.3 is 19.8 Å². The summed E-state index contributed by atoms with van der Waals surface area (Å²) < 4.78 is 34.8. The lowest BCUT2D eigenvalue weighted by Gasteiger charge is -2.24. The molecule has 494 valence electrons. The first-order chi connectivity index (χ1) is 41.0. The van der Waals surface area contributed by atoms with Gasteiger partial charge in [-0.2, -0.15) is 0 Å². The molecule has 0 rings (SSSR count). The van der Waals surface area contributed by atoms with E-state index in [2.05, 4.69) is 62.5 Å². The van der Waals surface area contributed by atoms with Crippen molar-refractivity contribution in [1.29, 1.82) is 0 Å². The van der Waals surface area contributed by atoms with Crippen molar-refractivity contribution in [3.8, 4) is 0 Å². The second kappa shape index (κ2) is 65.4. The molecule has 9 nitrogen and oxygen atoms in total. The Morgan fingerprint density at radius 1 is 0.369 bits per heavy atom. The van der Waals surface area contributed by atoms with Gasteiger partial charge in [0.15, 0.2) is 6.10 Å². The number of ether oxygens (including phenoxy) is 2. The van der Waals surface area contributed by atoms with Crippen LogP contribution in [0.2, 0.25) is 0 Å². The van der Waals surface area contributed by atoms with E-state index in [1.54, 1.807) is 0 Å². The lowest BCUT2D eigenvalue weighted by molar-refractivity contribution is -0.870. The lowest BCUT2D eigenvalue weighted by atomic mass is 10.0. The van der Waals surface area contributed by atoms with Gasteiger partial charge in [-0.05, 0) is 77.0 Å². The highest BCUT2D eigenvalue weighted by molar-refractivity contribution is 7.47. The Kier molecular flexibility index (Phi) is 63.8. The van der Waals surface area contributed by atoms with E-state index in [9.17, 15) is 19.0 Å². The third-order valence-corrected chi connectivity index (χ3v) is 17.3. The number of phosphoric acid groups is 1. The zero-order valence-corrected chi connectivity index (χ0v) is 57.3. The minimum atomic E-state index is -4.39. The molecule has 0 heterocycles. The summed E-state index contributed by atoms with van der Waals surface area (Å²) in [6.45, 7) is 4.48. The Hall–Kier alpha value is -2.03. The van der Waals surface area contributed by atoms with E-state index in [4.69, 9.17) is 18.5 Å². The SMILES string of the molecule is CCCCCCC/C=C\C/C=C\CCCCCCCCCCCCCCCCCCCCCCCC(=O)OC(COC(=O)CCCCCCCCCCCCCCCCC/C=C\C/C=C\CCCCCCC)COP(=O)(O)OCC[N+](C)(C)C.